The van der Waals surface area contributed by atoms with Crippen molar-refractivity contribution in [3.05, 3.63) is 29.3 Å². The highest BCUT2D eigenvalue weighted by molar-refractivity contribution is 5.93. The van der Waals surface area contributed by atoms with Crippen LogP contribution in [0.4, 0.5) is 5.69 Å². The van der Waals surface area contributed by atoms with Crippen LogP contribution in [0.15, 0.2) is 18.2 Å². The molecule has 1 unspecified atom stereocenters. The molecule has 2 aliphatic rings. The van der Waals surface area contributed by atoms with Gasteiger partial charge in [0.2, 0.25) is 11.8 Å². The number of likely N-dealkylation sites (tertiary alicyclic amines) is 1. The fourth-order valence-electron chi connectivity index (χ4n) is 4.06. The van der Waals surface area contributed by atoms with E-state index in [1.807, 2.05) is 36.9 Å². The largest absolute Gasteiger partial charge is 0.340 e. The Balaban J connectivity index is 1.53. The second-order valence-corrected chi connectivity index (χ2v) is 8.20. The van der Waals surface area contributed by atoms with E-state index in [9.17, 15) is 9.59 Å². The van der Waals surface area contributed by atoms with Gasteiger partial charge in [-0.2, -0.15) is 0 Å². The third-order valence-electron chi connectivity index (χ3n) is 5.89. The van der Waals surface area contributed by atoms with Gasteiger partial charge in [0.25, 0.3) is 0 Å². The number of benzene rings is 1. The highest BCUT2D eigenvalue weighted by Crippen LogP contribution is 2.27. The normalized spacial score (nSPS) is 20.0. The Morgan fingerprint density at radius 2 is 1.85 bits per heavy atom. The average molecular weight is 372 g/mol. The van der Waals surface area contributed by atoms with E-state index in [1.165, 1.54) is 6.42 Å². The molecule has 1 aromatic carbocycles. The maximum Gasteiger partial charge on any atom is 0.238 e. The number of hydrogen-bond acceptors (Lipinski definition) is 3. The van der Waals surface area contributed by atoms with E-state index in [4.69, 9.17) is 0 Å². The van der Waals surface area contributed by atoms with Crippen molar-refractivity contribution in [2.75, 3.05) is 25.0 Å². The average Bonchev–Trinajstić information content (AvgIpc) is 3.47. The quantitative estimate of drug-likeness (QED) is 0.798. The standard InChI is InChI=1S/C22H33N3O2/c1-16-7-6-8-17(2)22(16)23-20(26)15-24(19-10-11-19)14-12-21(27)25-13-5-4-9-18(25)3/h6-8,18-19H,4-5,9-15H2,1-3H3,(H,23,26). The summed E-state index contributed by atoms with van der Waals surface area (Å²) in [7, 11) is 0. The van der Waals surface area contributed by atoms with Crippen molar-refractivity contribution in [1.29, 1.82) is 0 Å². The summed E-state index contributed by atoms with van der Waals surface area (Å²) in [6.45, 7) is 8.10. The molecule has 0 aromatic heterocycles. The molecule has 1 saturated heterocycles. The Bertz CT molecular complexity index is 664. The van der Waals surface area contributed by atoms with E-state index in [1.54, 1.807) is 0 Å². The van der Waals surface area contributed by atoms with Crippen LogP contribution < -0.4 is 5.32 Å². The Kier molecular flexibility index (Phi) is 6.53. The zero-order chi connectivity index (χ0) is 19.4. The first kappa shape index (κ1) is 19.9. The molecule has 5 heteroatoms. The molecule has 3 rings (SSSR count). The van der Waals surface area contributed by atoms with Gasteiger partial charge in [0.05, 0.1) is 6.54 Å². The number of para-hydroxylation sites is 1. The summed E-state index contributed by atoms with van der Waals surface area (Å²) in [6.07, 6.45) is 6.21. The van der Waals surface area contributed by atoms with Crippen molar-refractivity contribution >= 4 is 17.5 Å². The lowest BCUT2D eigenvalue weighted by Gasteiger charge is -2.34. The van der Waals surface area contributed by atoms with Crippen LogP contribution in [-0.4, -0.2) is 53.3 Å². The summed E-state index contributed by atoms with van der Waals surface area (Å²) < 4.78 is 0. The molecular formula is C22H33N3O2. The topological polar surface area (TPSA) is 52.7 Å². The fourth-order valence-corrected chi connectivity index (χ4v) is 4.06. The van der Waals surface area contributed by atoms with Crippen molar-refractivity contribution < 1.29 is 9.59 Å². The van der Waals surface area contributed by atoms with Gasteiger partial charge in [0.1, 0.15) is 0 Å². The van der Waals surface area contributed by atoms with E-state index >= 15 is 0 Å². The molecule has 1 aromatic rings. The highest BCUT2D eigenvalue weighted by atomic mass is 16.2. The Morgan fingerprint density at radius 3 is 2.48 bits per heavy atom. The number of aryl methyl sites for hydroxylation is 2. The molecule has 0 spiro atoms. The van der Waals surface area contributed by atoms with Gasteiger partial charge in [-0.25, -0.2) is 0 Å². The van der Waals surface area contributed by atoms with Crippen LogP contribution in [0, 0.1) is 13.8 Å². The van der Waals surface area contributed by atoms with Crippen molar-refractivity contribution in [2.24, 2.45) is 0 Å². The van der Waals surface area contributed by atoms with Gasteiger partial charge in [0, 0.05) is 37.3 Å². The summed E-state index contributed by atoms with van der Waals surface area (Å²) in [4.78, 5) is 29.5. The molecule has 27 heavy (non-hydrogen) atoms. The monoisotopic (exact) mass is 371 g/mol. The predicted molar refractivity (Wildman–Crippen MR) is 109 cm³/mol. The molecule has 2 amide bonds. The number of nitrogens with zero attached hydrogens (tertiary/aromatic N) is 2. The van der Waals surface area contributed by atoms with E-state index in [2.05, 4.69) is 17.1 Å². The molecule has 1 atom stereocenters. The van der Waals surface area contributed by atoms with Gasteiger partial charge >= 0.3 is 0 Å². The number of carbonyl (C=O) groups excluding carboxylic acids is 2. The predicted octanol–water partition coefficient (Wildman–Crippen LogP) is 3.50. The van der Waals surface area contributed by atoms with Crippen molar-refractivity contribution in [3.63, 3.8) is 0 Å². The smallest absolute Gasteiger partial charge is 0.238 e. The third-order valence-corrected chi connectivity index (χ3v) is 5.89. The molecule has 0 radical (unpaired) electrons. The molecule has 5 nitrogen and oxygen atoms in total. The number of anilines is 1. The number of carbonyl (C=O) groups is 2. The van der Waals surface area contributed by atoms with Crippen molar-refractivity contribution in [2.45, 2.75) is 71.4 Å². The summed E-state index contributed by atoms with van der Waals surface area (Å²) in [5.74, 6) is 0.251. The van der Waals surface area contributed by atoms with Gasteiger partial charge in [-0.3, -0.25) is 14.5 Å². The lowest BCUT2D eigenvalue weighted by atomic mass is 10.0. The number of amides is 2. The van der Waals surface area contributed by atoms with E-state index < -0.39 is 0 Å². The number of piperidine rings is 1. The summed E-state index contributed by atoms with van der Waals surface area (Å²) in [5.41, 5.74) is 3.07. The van der Waals surface area contributed by atoms with Crippen molar-refractivity contribution in [3.8, 4) is 0 Å². The molecular weight excluding hydrogens is 338 g/mol. The highest BCUT2D eigenvalue weighted by Gasteiger charge is 2.31. The molecule has 1 heterocycles. The molecule has 1 aliphatic carbocycles. The van der Waals surface area contributed by atoms with Gasteiger partial charge in [0.15, 0.2) is 0 Å². The van der Waals surface area contributed by atoms with Crippen LogP contribution in [-0.2, 0) is 9.59 Å². The van der Waals surface area contributed by atoms with Crippen LogP contribution >= 0.6 is 0 Å². The second kappa shape index (κ2) is 8.87. The molecule has 0 bridgehead atoms. The Morgan fingerprint density at radius 1 is 1.15 bits per heavy atom. The second-order valence-electron chi connectivity index (χ2n) is 8.20. The van der Waals surface area contributed by atoms with Crippen molar-refractivity contribution in [1.82, 2.24) is 9.80 Å². The SMILES string of the molecule is Cc1cccc(C)c1NC(=O)CN(CCC(=O)N1CCCCC1C)C1CC1. The van der Waals surface area contributed by atoms with E-state index in [0.717, 1.165) is 49.0 Å². The number of hydrogen-bond donors (Lipinski definition) is 1. The first-order valence-corrected chi connectivity index (χ1v) is 10.4. The minimum Gasteiger partial charge on any atom is -0.340 e. The zero-order valence-corrected chi connectivity index (χ0v) is 17.0. The minimum atomic E-state index is 0.0121. The first-order valence-electron chi connectivity index (χ1n) is 10.4. The molecule has 2 fully saturated rings. The molecule has 1 aliphatic heterocycles. The maximum absolute atomic E-state index is 12.6. The molecule has 1 N–H and O–H groups in total. The number of nitrogens with one attached hydrogen (secondary N) is 1. The Hall–Kier alpha value is -1.88. The summed E-state index contributed by atoms with van der Waals surface area (Å²) >= 11 is 0. The third kappa shape index (κ3) is 5.32. The van der Waals surface area contributed by atoms with Crippen LogP contribution in [0.5, 0.6) is 0 Å². The Labute approximate surface area is 163 Å². The minimum absolute atomic E-state index is 0.0121. The zero-order valence-electron chi connectivity index (χ0n) is 17.0. The van der Waals surface area contributed by atoms with Gasteiger partial charge < -0.3 is 10.2 Å². The fraction of sp³-hybridized carbons (Fsp3) is 0.636. The summed E-state index contributed by atoms with van der Waals surface area (Å²) in [6, 6.07) is 6.84. The van der Waals surface area contributed by atoms with Gasteiger partial charge in [-0.1, -0.05) is 18.2 Å². The maximum atomic E-state index is 12.6. The summed E-state index contributed by atoms with van der Waals surface area (Å²) in [5, 5.41) is 3.07. The van der Waals surface area contributed by atoms with Gasteiger partial charge in [-0.15, -0.1) is 0 Å². The van der Waals surface area contributed by atoms with Crippen LogP contribution in [0.25, 0.3) is 0 Å². The van der Waals surface area contributed by atoms with Crippen LogP contribution in [0.3, 0.4) is 0 Å². The van der Waals surface area contributed by atoms with Crippen LogP contribution in [0.1, 0.15) is 56.6 Å². The van der Waals surface area contributed by atoms with E-state index in [0.29, 0.717) is 31.6 Å². The van der Waals surface area contributed by atoms with Crippen LogP contribution in [0.2, 0.25) is 0 Å². The lowest BCUT2D eigenvalue weighted by Crippen LogP contribution is -2.44. The van der Waals surface area contributed by atoms with Gasteiger partial charge in [-0.05, 0) is 64.0 Å². The first-order chi connectivity index (χ1) is 13.0. The van der Waals surface area contributed by atoms with E-state index in [-0.39, 0.29) is 11.8 Å². The lowest BCUT2D eigenvalue weighted by molar-refractivity contribution is -0.135. The molecule has 1 saturated carbocycles. The molecule has 148 valence electrons. The number of rotatable bonds is 7.